The summed E-state index contributed by atoms with van der Waals surface area (Å²) < 4.78 is 15.9. The van der Waals surface area contributed by atoms with Crippen LogP contribution in [-0.4, -0.2) is 4.89 Å². The summed E-state index contributed by atoms with van der Waals surface area (Å²) in [5, 5.41) is 0. The van der Waals surface area contributed by atoms with Crippen molar-refractivity contribution in [2.24, 2.45) is 0 Å². The topological polar surface area (TPSA) is 46.5 Å². The van der Waals surface area contributed by atoms with Gasteiger partial charge in [0.1, 0.15) is 0 Å². The maximum atomic E-state index is 10.2. The molecule has 1 rings (SSSR count). The molecular formula is C7H8IO3P. The van der Waals surface area contributed by atoms with Crippen molar-refractivity contribution in [3.05, 3.63) is 33.4 Å². The van der Waals surface area contributed by atoms with Crippen molar-refractivity contribution in [1.82, 2.24) is 0 Å². The predicted molar refractivity (Wildman–Crippen MR) is 55.2 cm³/mol. The largest absolute Gasteiger partial charge is 0.326 e. The average Bonchev–Trinajstić information content (AvgIpc) is 2.03. The van der Waals surface area contributed by atoms with Crippen molar-refractivity contribution < 1.29 is 14.0 Å². The summed E-state index contributed by atoms with van der Waals surface area (Å²) in [5.41, 5.74) is 0.905. The Balaban J connectivity index is 2.53. The van der Waals surface area contributed by atoms with Gasteiger partial charge in [0.2, 0.25) is 0 Å². The lowest BCUT2D eigenvalue weighted by Gasteiger charge is -1.99. The molecule has 0 bridgehead atoms. The normalized spacial score (nSPS) is 12.8. The van der Waals surface area contributed by atoms with E-state index in [-0.39, 0.29) is 6.61 Å². The zero-order chi connectivity index (χ0) is 8.97. The summed E-state index contributed by atoms with van der Waals surface area (Å²) in [4.78, 5) is 8.39. The Hall–Kier alpha value is 0.1000. The third kappa shape index (κ3) is 3.67. The third-order valence-corrected chi connectivity index (χ3v) is 2.39. The van der Waals surface area contributed by atoms with E-state index in [9.17, 15) is 4.57 Å². The van der Waals surface area contributed by atoms with Crippen molar-refractivity contribution in [2.75, 3.05) is 0 Å². The fraction of sp³-hybridized carbons (Fsp3) is 0.143. The molecule has 0 amide bonds. The van der Waals surface area contributed by atoms with Crippen LogP contribution in [0.25, 0.3) is 0 Å². The van der Waals surface area contributed by atoms with Crippen LogP contribution in [-0.2, 0) is 15.7 Å². The van der Waals surface area contributed by atoms with Crippen molar-refractivity contribution >= 4 is 30.8 Å². The van der Waals surface area contributed by atoms with Crippen LogP contribution in [0.4, 0.5) is 0 Å². The highest BCUT2D eigenvalue weighted by Crippen LogP contribution is 2.18. The monoisotopic (exact) mass is 298 g/mol. The van der Waals surface area contributed by atoms with Crippen LogP contribution in [0.5, 0.6) is 0 Å². The van der Waals surface area contributed by atoms with E-state index in [1.807, 2.05) is 24.3 Å². The first-order valence-corrected chi connectivity index (χ1v) is 5.63. The molecule has 0 radical (unpaired) electrons. The SMILES string of the molecule is O=[PH](O)OCc1ccc(I)cc1. The standard InChI is InChI=1S/C7H8IO3P/c8-7-3-1-6(2-4-7)5-11-12(9)10/h1-4,12H,5H2,(H,9,10). The second-order valence-corrected chi connectivity index (χ2v) is 4.25. The molecule has 1 N–H and O–H groups in total. The van der Waals surface area contributed by atoms with Crippen molar-refractivity contribution in [3.8, 4) is 0 Å². The van der Waals surface area contributed by atoms with Gasteiger partial charge >= 0.3 is 8.25 Å². The molecule has 66 valence electrons. The van der Waals surface area contributed by atoms with Gasteiger partial charge in [0.25, 0.3) is 0 Å². The Morgan fingerprint density at radius 3 is 2.50 bits per heavy atom. The first-order valence-electron chi connectivity index (χ1n) is 3.28. The summed E-state index contributed by atoms with van der Waals surface area (Å²) in [7, 11) is -2.79. The van der Waals surface area contributed by atoms with Gasteiger partial charge in [-0.05, 0) is 40.3 Å². The Morgan fingerprint density at radius 2 is 2.00 bits per heavy atom. The van der Waals surface area contributed by atoms with Crippen molar-refractivity contribution in [2.45, 2.75) is 6.61 Å². The van der Waals surface area contributed by atoms with Crippen LogP contribution in [0.1, 0.15) is 5.56 Å². The smallest absolute Gasteiger partial charge is 0.316 e. The molecule has 0 aliphatic carbocycles. The van der Waals surface area contributed by atoms with Gasteiger partial charge in [-0.1, -0.05) is 12.1 Å². The van der Waals surface area contributed by atoms with Gasteiger partial charge in [-0.15, -0.1) is 0 Å². The van der Waals surface area contributed by atoms with Crippen molar-refractivity contribution in [1.29, 1.82) is 0 Å². The van der Waals surface area contributed by atoms with Crippen LogP contribution in [0.3, 0.4) is 0 Å². The fourth-order valence-corrected chi connectivity index (χ4v) is 1.38. The van der Waals surface area contributed by atoms with Gasteiger partial charge in [0.05, 0.1) is 6.61 Å². The van der Waals surface area contributed by atoms with Crippen LogP contribution in [0, 0.1) is 3.57 Å². The van der Waals surface area contributed by atoms with Gasteiger partial charge in [0.15, 0.2) is 0 Å². The molecule has 1 aromatic carbocycles. The summed E-state index contributed by atoms with van der Waals surface area (Å²) >= 11 is 2.19. The first-order chi connectivity index (χ1) is 5.68. The summed E-state index contributed by atoms with van der Waals surface area (Å²) in [5.74, 6) is 0. The minimum atomic E-state index is -2.79. The Kier molecular flexibility index (Phi) is 4.21. The van der Waals surface area contributed by atoms with Gasteiger partial charge < -0.3 is 9.42 Å². The average molecular weight is 298 g/mol. The molecule has 3 nitrogen and oxygen atoms in total. The van der Waals surface area contributed by atoms with E-state index in [0.717, 1.165) is 9.13 Å². The molecule has 0 heterocycles. The lowest BCUT2D eigenvalue weighted by molar-refractivity contribution is 0.272. The van der Waals surface area contributed by atoms with Gasteiger partial charge in [-0.25, -0.2) is 0 Å². The summed E-state index contributed by atoms with van der Waals surface area (Å²) in [6, 6.07) is 7.58. The molecule has 1 atom stereocenters. The van der Waals surface area contributed by atoms with E-state index in [2.05, 4.69) is 27.1 Å². The molecule has 0 aliphatic rings. The summed E-state index contributed by atoms with van der Waals surface area (Å²) in [6.07, 6.45) is 0. The number of rotatable bonds is 3. The van der Waals surface area contributed by atoms with E-state index in [1.54, 1.807) is 0 Å². The number of hydrogen-bond acceptors (Lipinski definition) is 2. The van der Waals surface area contributed by atoms with Gasteiger partial charge in [-0.3, -0.25) is 4.57 Å². The molecule has 0 fully saturated rings. The predicted octanol–water partition coefficient (Wildman–Crippen LogP) is 2.19. The highest BCUT2D eigenvalue weighted by Gasteiger charge is 1.95. The molecule has 0 saturated heterocycles. The molecule has 5 heteroatoms. The zero-order valence-electron chi connectivity index (χ0n) is 6.16. The Morgan fingerprint density at radius 1 is 1.42 bits per heavy atom. The molecule has 0 saturated carbocycles. The van der Waals surface area contributed by atoms with Crippen LogP contribution in [0.15, 0.2) is 24.3 Å². The van der Waals surface area contributed by atoms with Crippen LogP contribution >= 0.6 is 30.8 Å². The van der Waals surface area contributed by atoms with Gasteiger partial charge in [0, 0.05) is 3.57 Å². The van der Waals surface area contributed by atoms with E-state index in [1.165, 1.54) is 0 Å². The molecular weight excluding hydrogens is 290 g/mol. The zero-order valence-corrected chi connectivity index (χ0v) is 9.32. The van der Waals surface area contributed by atoms with E-state index >= 15 is 0 Å². The van der Waals surface area contributed by atoms with Crippen LogP contribution < -0.4 is 0 Å². The Bertz CT molecular complexity index is 272. The van der Waals surface area contributed by atoms with Gasteiger partial charge in [-0.2, -0.15) is 0 Å². The number of benzene rings is 1. The third-order valence-electron chi connectivity index (χ3n) is 1.28. The van der Waals surface area contributed by atoms with Crippen molar-refractivity contribution in [3.63, 3.8) is 0 Å². The molecule has 1 aromatic rings. The molecule has 1 unspecified atom stereocenters. The van der Waals surface area contributed by atoms with E-state index in [0.29, 0.717) is 0 Å². The van der Waals surface area contributed by atoms with E-state index in [4.69, 9.17) is 4.89 Å². The second-order valence-electron chi connectivity index (χ2n) is 2.18. The highest BCUT2D eigenvalue weighted by atomic mass is 127. The quantitative estimate of drug-likeness (QED) is 0.687. The van der Waals surface area contributed by atoms with E-state index < -0.39 is 8.25 Å². The van der Waals surface area contributed by atoms with Crippen LogP contribution in [0.2, 0.25) is 0 Å². The molecule has 12 heavy (non-hydrogen) atoms. The minimum absolute atomic E-state index is 0.200. The number of hydrogen-bond donors (Lipinski definition) is 1. The lowest BCUT2D eigenvalue weighted by atomic mass is 10.2. The number of halogens is 1. The lowest BCUT2D eigenvalue weighted by Crippen LogP contribution is -1.84. The molecule has 0 spiro atoms. The maximum absolute atomic E-state index is 10.2. The molecule has 0 aliphatic heterocycles. The second kappa shape index (κ2) is 4.97. The minimum Gasteiger partial charge on any atom is -0.326 e. The highest BCUT2D eigenvalue weighted by molar-refractivity contribution is 14.1. The fourth-order valence-electron chi connectivity index (χ4n) is 0.726. The maximum Gasteiger partial charge on any atom is 0.316 e. The summed E-state index contributed by atoms with van der Waals surface area (Å²) in [6.45, 7) is 0.200. The molecule has 0 aromatic heterocycles. The Labute approximate surface area is 84.8 Å². The first kappa shape index (κ1) is 10.2.